The van der Waals surface area contributed by atoms with Gasteiger partial charge >= 0.3 is 5.97 Å². The number of ether oxygens (including phenoxy) is 1. The van der Waals surface area contributed by atoms with Crippen LogP contribution in [0.3, 0.4) is 0 Å². The maximum Gasteiger partial charge on any atom is 0.342 e. The number of hydrogen-bond donors (Lipinski definition) is 2. The second kappa shape index (κ2) is 6.05. The Morgan fingerprint density at radius 2 is 2.11 bits per heavy atom. The topological polar surface area (TPSA) is 75.6 Å². The van der Waals surface area contributed by atoms with Crippen LogP contribution in [-0.4, -0.2) is 29.6 Å². The van der Waals surface area contributed by atoms with Gasteiger partial charge in [0.15, 0.2) is 6.10 Å². The van der Waals surface area contributed by atoms with Crippen LogP contribution >= 0.6 is 0 Å². The van der Waals surface area contributed by atoms with Crippen molar-refractivity contribution in [3.8, 4) is 5.75 Å². The van der Waals surface area contributed by atoms with E-state index in [1.54, 1.807) is 19.9 Å². The van der Waals surface area contributed by atoms with Crippen molar-refractivity contribution in [2.75, 3.05) is 6.54 Å². The molecule has 1 rings (SSSR count). The Morgan fingerprint density at radius 3 is 2.67 bits per heavy atom. The fourth-order valence-electron chi connectivity index (χ4n) is 1.41. The minimum absolute atomic E-state index is 0.0525. The number of aromatic hydroxyl groups is 1. The van der Waals surface area contributed by atoms with Gasteiger partial charge in [0.1, 0.15) is 11.3 Å². The molecule has 5 heteroatoms. The van der Waals surface area contributed by atoms with E-state index in [4.69, 9.17) is 4.74 Å². The second-order valence-corrected chi connectivity index (χ2v) is 3.96. The zero-order valence-electron chi connectivity index (χ0n) is 10.7. The summed E-state index contributed by atoms with van der Waals surface area (Å²) in [7, 11) is 0. The molecule has 2 N–H and O–H groups in total. The lowest BCUT2D eigenvalue weighted by Gasteiger charge is -2.13. The number of carbonyl (C=O) groups is 2. The number of likely N-dealkylation sites (N-methyl/N-ethyl adjacent to an activating group) is 1. The van der Waals surface area contributed by atoms with Gasteiger partial charge in [0, 0.05) is 6.54 Å². The SMILES string of the molecule is CCNC(=O)[C@@H](C)OC(=O)c1ccc(C)cc1O. The van der Waals surface area contributed by atoms with Crippen LogP contribution in [0.4, 0.5) is 0 Å². The zero-order valence-corrected chi connectivity index (χ0v) is 10.7. The van der Waals surface area contributed by atoms with Crippen LogP contribution in [0.25, 0.3) is 0 Å². The van der Waals surface area contributed by atoms with Gasteiger partial charge in [0.2, 0.25) is 0 Å². The van der Waals surface area contributed by atoms with Crippen LogP contribution in [0.2, 0.25) is 0 Å². The van der Waals surface area contributed by atoms with Gasteiger partial charge in [0.25, 0.3) is 5.91 Å². The molecule has 5 nitrogen and oxygen atoms in total. The normalized spacial score (nSPS) is 11.7. The van der Waals surface area contributed by atoms with Gasteiger partial charge in [-0.05, 0) is 38.5 Å². The second-order valence-electron chi connectivity index (χ2n) is 3.96. The number of phenols is 1. The van der Waals surface area contributed by atoms with Crippen molar-refractivity contribution in [3.63, 3.8) is 0 Å². The molecule has 1 aromatic rings. The minimum atomic E-state index is -0.891. The van der Waals surface area contributed by atoms with Gasteiger partial charge in [-0.1, -0.05) is 6.07 Å². The smallest absolute Gasteiger partial charge is 0.342 e. The van der Waals surface area contributed by atoms with Crippen LogP contribution in [0.5, 0.6) is 5.75 Å². The van der Waals surface area contributed by atoms with Crippen molar-refractivity contribution in [1.82, 2.24) is 5.32 Å². The van der Waals surface area contributed by atoms with Gasteiger partial charge in [-0.2, -0.15) is 0 Å². The molecule has 0 aliphatic carbocycles. The van der Waals surface area contributed by atoms with E-state index in [0.717, 1.165) is 5.56 Å². The average Bonchev–Trinajstić information content (AvgIpc) is 2.28. The molecule has 0 unspecified atom stereocenters. The largest absolute Gasteiger partial charge is 0.507 e. The van der Waals surface area contributed by atoms with Crippen molar-refractivity contribution >= 4 is 11.9 Å². The third-order valence-electron chi connectivity index (χ3n) is 2.38. The highest BCUT2D eigenvalue weighted by atomic mass is 16.5. The summed E-state index contributed by atoms with van der Waals surface area (Å²) < 4.78 is 4.96. The third kappa shape index (κ3) is 3.48. The lowest BCUT2D eigenvalue weighted by molar-refractivity contribution is -0.128. The van der Waals surface area contributed by atoms with E-state index >= 15 is 0 Å². The first-order chi connectivity index (χ1) is 8.45. The molecule has 0 bridgehead atoms. The van der Waals surface area contributed by atoms with Crippen molar-refractivity contribution in [3.05, 3.63) is 29.3 Å². The van der Waals surface area contributed by atoms with Gasteiger partial charge in [-0.3, -0.25) is 4.79 Å². The summed E-state index contributed by atoms with van der Waals surface area (Å²) in [4.78, 5) is 23.1. The zero-order chi connectivity index (χ0) is 13.7. The first kappa shape index (κ1) is 14.0. The molecule has 0 radical (unpaired) electrons. The van der Waals surface area contributed by atoms with E-state index < -0.39 is 12.1 Å². The molecule has 0 heterocycles. The quantitative estimate of drug-likeness (QED) is 0.793. The Kier molecular flexibility index (Phi) is 4.71. The summed E-state index contributed by atoms with van der Waals surface area (Å²) in [5, 5.41) is 12.2. The minimum Gasteiger partial charge on any atom is -0.507 e. The summed E-state index contributed by atoms with van der Waals surface area (Å²) >= 11 is 0. The molecule has 18 heavy (non-hydrogen) atoms. The molecule has 0 aliphatic rings. The van der Waals surface area contributed by atoms with Crippen LogP contribution in [0.1, 0.15) is 29.8 Å². The highest BCUT2D eigenvalue weighted by Crippen LogP contribution is 2.19. The predicted molar refractivity (Wildman–Crippen MR) is 66.4 cm³/mol. The molecule has 1 atom stereocenters. The fraction of sp³-hybridized carbons (Fsp3) is 0.385. The number of esters is 1. The molecular formula is C13H17NO4. The van der Waals surface area contributed by atoms with Crippen molar-refractivity contribution in [1.29, 1.82) is 0 Å². The summed E-state index contributed by atoms with van der Waals surface area (Å²) in [5.41, 5.74) is 0.887. The van der Waals surface area contributed by atoms with E-state index in [1.165, 1.54) is 19.1 Å². The highest BCUT2D eigenvalue weighted by molar-refractivity contribution is 5.94. The molecule has 1 aromatic carbocycles. The molecule has 0 aliphatic heterocycles. The lowest BCUT2D eigenvalue weighted by Crippen LogP contribution is -2.35. The van der Waals surface area contributed by atoms with Crippen LogP contribution in [0.15, 0.2) is 18.2 Å². The highest BCUT2D eigenvalue weighted by Gasteiger charge is 2.20. The summed E-state index contributed by atoms with van der Waals surface area (Å²) in [6, 6.07) is 4.62. The standard InChI is InChI=1S/C13H17NO4/c1-4-14-12(16)9(3)18-13(17)10-6-5-8(2)7-11(10)15/h5-7,9,15H,4H2,1-3H3,(H,14,16)/t9-/m1/s1. The van der Waals surface area contributed by atoms with E-state index in [0.29, 0.717) is 6.54 Å². The number of hydrogen-bond acceptors (Lipinski definition) is 4. The number of phenolic OH excluding ortho intramolecular Hbond substituents is 1. The van der Waals surface area contributed by atoms with Gasteiger partial charge in [-0.15, -0.1) is 0 Å². The predicted octanol–water partition coefficient (Wildman–Crippen LogP) is 1.38. The van der Waals surface area contributed by atoms with Crippen LogP contribution in [0, 0.1) is 6.92 Å². The van der Waals surface area contributed by atoms with E-state index in [9.17, 15) is 14.7 Å². The van der Waals surface area contributed by atoms with Crippen LogP contribution < -0.4 is 5.32 Å². The molecule has 98 valence electrons. The summed E-state index contributed by atoms with van der Waals surface area (Å²) in [6.07, 6.45) is -0.891. The third-order valence-corrected chi connectivity index (χ3v) is 2.38. The average molecular weight is 251 g/mol. The van der Waals surface area contributed by atoms with Crippen molar-refractivity contribution < 1.29 is 19.4 Å². The lowest BCUT2D eigenvalue weighted by atomic mass is 10.1. The van der Waals surface area contributed by atoms with Gasteiger partial charge in [0.05, 0.1) is 0 Å². The molecular weight excluding hydrogens is 234 g/mol. The fourth-order valence-corrected chi connectivity index (χ4v) is 1.41. The maximum atomic E-state index is 11.7. The van der Waals surface area contributed by atoms with E-state index in [2.05, 4.69) is 5.32 Å². The van der Waals surface area contributed by atoms with E-state index in [-0.39, 0.29) is 17.2 Å². The van der Waals surface area contributed by atoms with Crippen LogP contribution in [-0.2, 0) is 9.53 Å². The molecule has 0 saturated carbocycles. The number of benzene rings is 1. The summed E-state index contributed by atoms with van der Waals surface area (Å²) in [6.45, 7) is 5.52. The first-order valence-corrected chi connectivity index (χ1v) is 5.74. The van der Waals surface area contributed by atoms with Crippen molar-refractivity contribution in [2.24, 2.45) is 0 Å². The number of amides is 1. The van der Waals surface area contributed by atoms with Gasteiger partial charge < -0.3 is 15.2 Å². The van der Waals surface area contributed by atoms with Crippen molar-refractivity contribution in [2.45, 2.75) is 26.9 Å². The monoisotopic (exact) mass is 251 g/mol. The molecule has 0 fully saturated rings. The van der Waals surface area contributed by atoms with E-state index in [1.807, 2.05) is 0 Å². The molecule has 0 aromatic heterocycles. The Morgan fingerprint density at radius 1 is 1.44 bits per heavy atom. The Balaban J connectivity index is 2.73. The van der Waals surface area contributed by atoms with Gasteiger partial charge in [-0.25, -0.2) is 4.79 Å². The number of rotatable bonds is 4. The first-order valence-electron chi connectivity index (χ1n) is 5.74. The molecule has 0 spiro atoms. The Bertz CT molecular complexity index is 456. The number of carbonyl (C=O) groups excluding carboxylic acids is 2. The summed E-state index contributed by atoms with van der Waals surface area (Å²) in [5.74, 6) is -1.23. The number of nitrogens with one attached hydrogen (secondary N) is 1. The Hall–Kier alpha value is -2.04. The molecule has 0 saturated heterocycles. The number of aryl methyl sites for hydroxylation is 1. The Labute approximate surface area is 106 Å². The maximum absolute atomic E-state index is 11.7. The molecule has 1 amide bonds.